The molecule has 0 saturated heterocycles. The minimum Gasteiger partial charge on any atom is -0.452 e. The number of hydrogen-bond donors (Lipinski definition) is 0. The zero-order valence-corrected chi connectivity index (χ0v) is 16.1. The summed E-state index contributed by atoms with van der Waals surface area (Å²) in [4.78, 5) is 30.2. The van der Waals surface area contributed by atoms with Crippen molar-refractivity contribution in [2.45, 2.75) is 6.54 Å². The highest BCUT2D eigenvalue weighted by atomic mass is 35.5. The van der Waals surface area contributed by atoms with Gasteiger partial charge in [0.25, 0.3) is 5.91 Å². The molecule has 0 atom stereocenters. The maximum absolute atomic E-state index is 12.2. The maximum atomic E-state index is 12.2. The minimum atomic E-state index is -0.656. The molecule has 1 aromatic heterocycles. The Morgan fingerprint density at radius 3 is 2.54 bits per heavy atom. The van der Waals surface area contributed by atoms with Crippen molar-refractivity contribution in [1.29, 1.82) is 0 Å². The standard InChI is InChI=1S/C18H14Cl2N2O3S/c1-22(9-16-21-14-4-2-3-5-15(14)26-16)17(23)10-25-18(24)11-6-12(19)8-13(20)7-11/h2-8H,9-10H2,1H3. The van der Waals surface area contributed by atoms with Crippen molar-refractivity contribution in [2.24, 2.45) is 0 Å². The van der Waals surface area contributed by atoms with Gasteiger partial charge in [0.1, 0.15) is 5.01 Å². The predicted molar refractivity (Wildman–Crippen MR) is 103 cm³/mol. The van der Waals surface area contributed by atoms with E-state index in [4.69, 9.17) is 27.9 Å². The van der Waals surface area contributed by atoms with Gasteiger partial charge in [-0.3, -0.25) is 4.79 Å². The lowest BCUT2D eigenvalue weighted by atomic mass is 10.2. The first kappa shape index (κ1) is 18.6. The van der Waals surface area contributed by atoms with Crippen LogP contribution in [0.15, 0.2) is 42.5 Å². The van der Waals surface area contributed by atoms with E-state index in [1.807, 2.05) is 24.3 Å². The van der Waals surface area contributed by atoms with Gasteiger partial charge in [0, 0.05) is 17.1 Å². The summed E-state index contributed by atoms with van der Waals surface area (Å²) in [5, 5.41) is 1.46. The Hall–Kier alpha value is -2.15. The van der Waals surface area contributed by atoms with Crippen molar-refractivity contribution in [2.75, 3.05) is 13.7 Å². The molecule has 0 bridgehead atoms. The fourth-order valence-electron chi connectivity index (χ4n) is 2.27. The van der Waals surface area contributed by atoms with E-state index in [2.05, 4.69) is 4.98 Å². The van der Waals surface area contributed by atoms with Crippen molar-refractivity contribution in [3.05, 3.63) is 63.1 Å². The quantitative estimate of drug-likeness (QED) is 0.586. The molecule has 3 aromatic rings. The molecule has 0 spiro atoms. The number of ether oxygens (including phenoxy) is 1. The van der Waals surface area contributed by atoms with Crippen LogP contribution in [0.3, 0.4) is 0 Å². The van der Waals surface area contributed by atoms with Crippen LogP contribution in [0.1, 0.15) is 15.4 Å². The summed E-state index contributed by atoms with van der Waals surface area (Å²) >= 11 is 13.2. The zero-order valence-electron chi connectivity index (χ0n) is 13.7. The van der Waals surface area contributed by atoms with Gasteiger partial charge in [-0.2, -0.15) is 0 Å². The lowest BCUT2D eigenvalue weighted by Crippen LogP contribution is -2.30. The number of fused-ring (bicyclic) bond motifs is 1. The molecule has 1 heterocycles. The van der Waals surface area contributed by atoms with Crippen LogP contribution in [0.25, 0.3) is 10.2 Å². The molecular weight excluding hydrogens is 395 g/mol. The molecule has 0 radical (unpaired) electrons. The highest BCUT2D eigenvalue weighted by molar-refractivity contribution is 7.18. The molecule has 0 aliphatic carbocycles. The largest absolute Gasteiger partial charge is 0.452 e. The highest BCUT2D eigenvalue weighted by Gasteiger charge is 2.16. The molecule has 0 unspecified atom stereocenters. The molecule has 8 heteroatoms. The van der Waals surface area contributed by atoms with Crippen molar-refractivity contribution >= 4 is 56.6 Å². The van der Waals surface area contributed by atoms with E-state index in [-0.39, 0.29) is 18.1 Å². The average Bonchev–Trinajstić information content (AvgIpc) is 3.00. The normalized spacial score (nSPS) is 10.7. The fourth-order valence-corrected chi connectivity index (χ4v) is 3.82. The first-order valence-corrected chi connectivity index (χ1v) is 9.21. The van der Waals surface area contributed by atoms with Gasteiger partial charge in [-0.15, -0.1) is 11.3 Å². The molecule has 0 N–H and O–H groups in total. The van der Waals surface area contributed by atoms with Crippen molar-refractivity contribution in [3.8, 4) is 0 Å². The Balaban J connectivity index is 1.57. The molecule has 1 amide bonds. The number of likely N-dealkylation sites (N-methyl/N-ethyl adjacent to an activating group) is 1. The topological polar surface area (TPSA) is 59.5 Å². The van der Waals surface area contributed by atoms with E-state index in [9.17, 15) is 9.59 Å². The van der Waals surface area contributed by atoms with Gasteiger partial charge in [0.15, 0.2) is 6.61 Å². The number of nitrogens with zero attached hydrogens (tertiary/aromatic N) is 2. The van der Waals surface area contributed by atoms with Gasteiger partial charge in [0.2, 0.25) is 0 Å². The number of carbonyl (C=O) groups excluding carboxylic acids is 2. The third kappa shape index (κ3) is 4.52. The third-order valence-electron chi connectivity index (χ3n) is 3.56. The minimum absolute atomic E-state index is 0.198. The van der Waals surface area contributed by atoms with E-state index in [0.29, 0.717) is 16.6 Å². The second-order valence-electron chi connectivity index (χ2n) is 5.56. The lowest BCUT2D eigenvalue weighted by Gasteiger charge is -2.15. The smallest absolute Gasteiger partial charge is 0.338 e. The number of rotatable bonds is 5. The molecule has 0 aliphatic rings. The summed E-state index contributed by atoms with van der Waals surface area (Å²) in [5.74, 6) is -0.984. The summed E-state index contributed by atoms with van der Waals surface area (Å²) in [6.45, 7) is -0.0247. The second-order valence-corrected chi connectivity index (χ2v) is 7.55. The number of esters is 1. The summed E-state index contributed by atoms with van der Waals surface area (Å²) < 4.78 is 6.12. The van der Waals surface area contributed by atoms with Gasteiger partial charge < -0.3 is 9.64 Å². The molecule has 0 saturated carbocycles. The molecular formula is C18H14Cl2N2O3S. The average molecular weight is 409 g/mol. The Kier molecular flexibility index (Phi) is 5.76. The van der Waals surface area contributed by atoms with Crippen LogP contribution in [0.4, 0.5) is 0 Å². The van der Waals surface area contributed by atoms with E-state index < -0.39 is 5.97 Å². The first-order chi connectivity index (χ1) is 12.4. The lowest BCUT2D eigenvalue weighted by molar-refractivity contribution is -0.133. The van der Waals surface area contributed by atoms with Crippen molar-refractivity contribution < 1.29 is 14.3 Å². The number of halogens is 2. The Labute approximate surface area is 164 Å². The van der Waals surface area contributed by atoms with Gasteiger partial charge in [0.05, 0.1) is 22.3 Å². The maximum Gasteiger partial charge on any atom is 0.338 e. The van der Waals surface area contributed by atoms with Crippen molar-refractivity contribution in [1.82, 2.24) is 9.88 Å². The molecule has 26 heavy (non-hydrogen) atoms. The number of thiazole rings is 1. The van der Waals surface area contributed by atoms with Crippen LogP contribution in [-0.2, 0) is 16.1 Å². The summed E-state index contributed by atoms with van der Waals surface area (Å²) in [6, 6.07) is 12.2. The molecule has 5 nitrogen and oxygen atoms in total. The van der Waals surface area contributed by atoms with Gasteiger partial charge in [-0.25, -0.2) is 9.78 Å². The molecule has 2 aromatic carbocycles. The van der Waals surface area contributed by atoms with E-state index in [1.54, 1.807) is 7.05 Å². The SMILES string of the molecule is CN(Cc1nc2ccccc2s1)C(=O)COC(=O)c1cc(Cl)cc(Cl)c1. The molecule has 0 fully saturated rings. The van der Waals surface area contributed by atoms with Crippen LogP contribution in [0.2, 0.25) is 10.0 Å². The van der Waals surface area contributed by atoms with Crippen LogP contribution in [-0.4, -0.2) is 35.4 Å². The number of carbonyl (C=O) groups is 2. The Morgan fingerprint density at radius 2 is 1.85 bits per heavy atom. The zero-order chi connectivity index (χ0) is 18.7. The monoisotopic (exact) mass is 408 g/mol. The number of benzene rings is 2. The fraction of sp³-hybridized carbons (Fsp3) is 0.167. The first-order valence-electron chi connectivity index (χ1n) is 7.64. The van der Waals surface area contributed by atoms with Gasteiger partial charge >= 0.3 is 5.97 Å². The second kappa shape index (κ2) is 8.03. The Morgan fingerprint density at radius 1 is 1.15 bits per heavy atom. The number of aromatic nitrogens is 1. The summed E-state index contributed by atoms with van der Waals surface area (Å²) in [6.07, 6.45) is 0. The van der Waals surface area contributed by atoms with Crippen LogP contribution in [0, 0.1) is 0 Å². The summed E-state index contributed by atoms with van der Waals surface area (Å²) in [5.41, 5.74) is 1.10. The van der Waals surface area contributed by atoms with Crippen LogP contribution >= 0.6 is 34.5 Å². The molecule has 3 rings (SSSR count). The molecule has 134 valence electrons. The van der Waals surface area contributed by atoms with Gasteiger partial charge in [-0.1, -0.05) is 35.3 Å². The number of amides is 1. The number of para-hydroxylation sites is 1. The van der Waals surface area contributed by atoms with E-state index >= 15 is 0 Å². The van der Waals surface area contributed by atoms with E-state index in [0.717, 1.165) is 15.2 Å². The highest BCUT2D eigenvalue weighted by Crippen LogP contribution is 2.22. The Bertz CT molecular complexity index is 921. The predicted octanol–water partition coefficient (Wildman–Crippen LogP) is 4.42. The van der Waals surface area contributed by atoms with Gasteiger partial charge in [-0.05, 0) is 30.3 Å². The van der Waals surface area contributed by atoms with E-state index in [1.165, 1.54) is 34.4 Å². The third-order valence-corrected chi connectivity index (χ3v) is 5.02. The van der Waals surface area contributed by atoms with Crippen LogP contribution in [0.5, 0.6) is 0 Å². The summed E-state index contributed by atoms with van der Waals surface area (Å²) in [7, 11) is 1.64. The van der Waals surface area contributed by atoms with Crippen molar-refractivity contribution in [3.63, 3.8) is 0 Å². The number of hydrogen-bond acceptors (Lipinski definition) is 5. The molecule has 0 aliphatic heterocycles. The van der Waals surface area contributed by atoms with Crippen LogP contribution < -0.4 is 0 Å².